The van der Waals surface area contributed by atoms with E-state index in [-0.39, 0.29) is 11.2 Å². The number of nitrogens with one attached hydrogen (secondary N) is 1. The maximum absolute atomic E-state index is 12.7. The van der Waals surface area contributed by atoms with Crippen molar-refractivity contribution in [2.45, 2.75) is 39.5 Å². The van der Waals surface area contributed by atoms with Crippen molar-refractivity contribution in [2.75, 3.05) is 6.61 Å². The lowest BCUT2D eigenvalue weighted by atomic mass is 10.2. The van der Waals surface area contributed by atoms with Crippen molar-refractivity contribution in [3.8, 4) is 22.8 Å². The summed E-state index contributed by atoms with van der Waals surface area (Å²) in [5.74, 6) is 0.309. The Labute approximate surface area is 191 Å². The number of hydrogen-bond donors (Lipinski definition) is 2. The van der Waals surface area contributed by atoms with E-state index in [1.54, 1.807) is 0 Å². The van der Waals surface area contributed by atoms with Gasteiger partial charge in [0.1, 0.15) is 11.3 Å². The SMILES string of the molecule is CCCCCCOc1ccc(-c2nc(C(N)=O)c3[nH]c(=O)n(-c4ccc(C)cc4)c3n2)cc1. The van der Waals surface area contributed by atoms with Gasteiger partial charge in [-0.15, -0.1) is 0 Å². The van der Waals surface area contributed by atoms with E-state index in [1.807, 2.05) is 55.5 Å². The van der Waals surface area contributed by atoms with Crippen LogP contribution < -0.4 is 16.2 Å². The summed E-state index contributed by atoms with van der Waals surface area (Å²) in [4.78, 5) is 36.5. The number of benzene rings is 2. The number of ether oxygens (including phenoxy) is 1. The van der Waals surface area contributed by atoms with Crippen molar-refractivity contribution in [2.24, 2.45) is 5.73 Å². The Morgan fingerprint density at radius 2 is 1.76 bits per heavy atom. The molecule has 4 aromatic rings. The van der Waals surface area contributed by atoms with Crippen LogP contribution in [0, 0.1) is 6.92 Å². The number of aromatic nitrogens is 4. The van der Waals surface area contributed by atoms with E-state index in [0.29, 0.717) is 29.3 Å². The zero-order valence-electron chi connectivity index (χ0n) is 18.8. The van der Waals surface area contributed by atoms with Gasteiger partial charge in [0.25, 0.3) is 5.91 Å². The van der Waals surface area contributed by atoms with Crippen LogP contribution in [0.1, 0.15) is 48.7 Å². The highest BCUT2D eigenvalue weighted by Crippen LogP contribution is 2.24. The minimum Gasteiger partial charge on any atom is -0.494 e. The molecule has 8 nitrogen and oxygen atoms in total. The first-order valence-electron chi connectivity index (χ1n) is 11.1. The molecule has 0 unspecified atom stereocenters. The van der Waals surface area contributed by atoms with Crippen LogP contribution in [0.5, 0.6) is 5.75 Å². The van der Waals surface area contributed by atoms with Crippen LogP contribution in [0.3, 0.4) is 0 Å². The molecule has 0 bridgehead atoms. The van der Waals surface area contributed by atoms with Gasteiger partial charge in [0, 0.05) is 5.56 Å². The Bertz CT molecular complexity index is 1320. The van der Waals surface area contributed by atoms with Crippen LogP contribution in [-0.4, -0.2) is 32.0 Å². The predicted octanol–water partition coefficient (Wildman–Crippen LogP) is 4.14. The largest absolute Gasteiger partial charge is 0.494 e. The fourth-order valence-electron chi connectivity index (χ4n) is 3.64. The number of aromatic amines is 1. The van der Waals surface area contributed by atoms with Crippen LogP contribution in [-0.2, 0) is 0 Å². The molecule has 0 saturated heterocycles. The van der Waals surface area contributed by atoms with Gasteiger partial charge in [-0.1, -0.05) is 43.9 Å². The van der Waals surface area contributed by atoms with Crippen LogP contribution in [0.15, 0.2) is 53.3 Å². The summed E-state index contributed by atoms with van der Waals surface area (Å²) in [6, 6.07) is 14.8. The number of hydrogen-bond acceptors (Lipinski definition) is 5. The van der Waals surface area contributed by atoms with Crippen molar-refractivity contribution < 1.29 is 9.53 Å². The van der Waals surface area contributed by atoms with Gasteiger partial charge in [0.15, 0.2) is 17.2 Å². The highest BCUT2D eigenvalue weighted by molar-refractivity contribution is 6.02. The molecule has 0 aliphatic rings. The first kappa shape index (κ1) is 22.3. The van der Waals surface area contributed by atoms with Gasteiger partial charge < -0.3 is 15.5 Å². The van der Waals surface area contributed by atoms with Crippen molar-refractivity contribution in [3.05, 3.63) is 70.3 Å². The summed E-state index contributed by atoms with van der Waals surface area (Å²) in [6.45, 7) is 4.81. The number of primary amides is 1. The molecule has 0 saturated carbocycles. The van der Waals surface area contributed by atoms with Crippen LogP contribution in [0.25, 0.3) is 28.2 Å². The van der Waals surface area contributed by atoms with E-state index in [1.165, 1.54) is 17.4 Å². The lowest BCUT2D eigenvalue weighted by Crippen LogP contribution is -2.15. The Hall–Kier alpha value is -3.94. The number of carbonyl (C=O) groups excluding carboxylic acids is 1. The number of imidazole rings is 1. The van der Waals surface area contributed by atoms with Crippen LogP contribution in [0.4, 0.5) is 0 Å². The third-order valence-corrected chi connectivity index (χ3v) is 5.44. The maximum Gasteiger partial charge on any atom is 0.332 e. The molecule has 170 valence electrons. The van der Waals surface area contributed by atoms with Gasteiger partial charge >= 0.3 is 5.69 Å². The van der Waals surface area contributed by atoms with Gasteiger partial charge in [-0.2, -0.15) is 0 Å². The summed E-state index contributed by atoms with van der Waals surface area (Å²) >= 11 is 0. The number of aryl methyl sites for hydroxylation is 1. The Kier molecular flexibility index (Phi) is 6.53. The number of amides is 1. The average Bonchev–Trinajstić information content (AvgIpc) is 3.15. The molecular formula is C25H27N5O3. The molecule has 0 spiro atoms. The number of H-pyrrole nitrogens is 1. The number of nitrogens with zero attached hydrogens (tertiary/aromatic N) is 3. The second-order valence-electron chi connectivity index (χ2n) is 7.99. The second kappa shape index (κ2) is 9.68. The summed E-state index contributed by atoms with van der Waals surface area (Å²) in [5, 5.41) is 0. The molecule has 2 aromatic carbocycles. The molecular weight excluding hydrogens is 418 g/mol. The fraction of sp³-hybridized carbons (Fsp3) is 0.280. The average molecular weight is 446 g/mol. The highest BCUT2D eigenvalue weighted by Gasteiger charge is 2.20. The fourth-order valence-corrected chi connectivity index (χ4v) is 3.64. The molecule has 0 atom stereocenters. The predicted molar refractivity (Wildman–Crippen MR) is 128 cm³/mol. The molecule has 0 fully saturated rings. The van der Waals surface area contributed by atoms with E-state index < -0.39 is 11.6 Å². The van der Waals surface area contributed by atoms with E-state index in [9.17, 15) is 9.59 Å². The molecule has 0 aliphatic heterocycles. The van der Waals surface area contributed by atoms with E-state index in [2.05, 4.69) is 21.9 Å². The van der Waals surface area contributed by atoms with Crippen molar-refractivity contribution in [1.82, 2.24) is 19.5 Å². The Balaban J connectivity index is 1.71. The van der Waals surface area contributed by atoms with Gasteiger partial charge in [-0.3, -0.25) is 4.79 Å². The van der Waals surface area contributed by atoms with Gasteiger partial charge in [0.05, 0.1) is 12.3 Å². The van der Waals surface area contributed by atoms with Crippen LogP contribution in [0.2, 0.25) is 0 Å². The monoisotopic (exact) mass is 445 g/mol. The second-order valence-corrected chi connectivity index (χ2v) is 7.99. The number of carbonyl (C=O) groups is 1. The Morgan fingerprint density at radius 1 is 1.03 bits per heavy atom. The first-order valence-corrected chi connectivity index (χ1v) is 11.1. The zero-order chi connectivity index (χ0) is 23.4. The molecule has 2 heterocycles. The third-order valence-electron chi connectivity index (χ3n) is 5.44. The Morgan fingerprint density at radius 3 is 2.42 bits per heavy atom. The molecule has 33 heavy (non-hydrogen) atoms. The molecule has 8 heteroatoms. The van der Waals surface area contributed by atoms with E-state index in [4.69, 9.17) is 10.5 Å². The maximum atomic E-state index is 12.7. The third kappa shape index (κ3) is 4.79. The molecule has 2 aromatic heterocycles. The molecule has 3 N–H and O–H groups in total. The van der Waals surface area contributed by atoms with Gasteiger partial charge in [-0.25, -0.2) is 19.3 Å². The number of unbranched alkanes of at least 4 members (excludes halogenated alkanes) is 3. The summed E-state index contributed by atoms with van der Waals surface area (Å²) in [6.07, 6.45) is 4.56. The topological polar surface area (TPSA) is 116 Å². The lowest BCUT2D eigenvalue weighted by Gasteiger charge is -2.08. The summed E-state index contributed by atoms with van der Waals surface area (Å²) in [7, 11) is 0. The minimum absolute atomic E-state index is 0.0331. The van der Waals surface area contributed by atoms with Gasteiger partial charge in [0.2, 0.25) is 0 Å². The molecule has 0 radical (unpaired) electrons. The molecule has 1 amide bonds. The highest BCUT2D eigenvalue weighted by atomic mass is 16.5. The van der Waals surface area contributed by atoms with E-state index >= 15 is 0 Å². The molecule has 4 rings (SSSR count). The van der Waals surface area contributed by atoms with Gasteiger partial charge in [-0.05, 0) is 49.7 Å². The zero-order valence-corrected chi connectivity index (χ0v) is 18.8. The summed E-state index contributed by atoms with van der Waals surface area (Å²) in [5.41, 5.74) is 8.00. The smallest absolute Gasteiger partial charge is 0.332 e. The standard InChI is InChI=1S/C25H27N5O3/c1-3-4-5-6-15-33-19-13-9-17(10-14-19)23-27-20(22(26)31)21-24(29-23)30(25(32)28-21)18-11-7-16(2)8-12-18/h7-14H,3-6,15H2,1-2H3,(H2,26,31)(H,28,32). The van der Waals surface area contributed by atoms with Crippen molar-refractivity contribution >= 4 is 17.1 Å². The number of fused-ring (bicyclic) bond motifs is 1. The summed E-state index contributed by atoms with van der Waals surface area (Å²) < 4.78 is 7.22. The molecule has 0 aliphatic carbocycles. The van der Waals surface area contributed by atoms with E-state index in [0.717, 1.165) is 24.2 Å². The number of rotatable bonds is 9. The number of nitrogens with two attached hydrogens (primary N) is 1. The first-order chi connectivity index (χ1) is 16.0. The normalized spacial score (nSPS) is 11.1. The lowest BCUT2D eigenvalue weighted by molar-refractivity contribution is 0.0997. The van der Waals surface area contributed by atoms with Crippen LogP contribution >= 0.6 is 0 Å². The quantitative estimate of drug-likeness (QED) is 0.376. The van der Waals surface area contributed by atoms with Crippen molar-refractivity contribution in [3.63, 3.8) is 0 Å². The minimum atomic E-state index is -0.743. The van der Waals surface area contributed by atoms with Crippen molar-refractivity contribution in [1.29, 1.82) is 0 Å².